The summed E-state index contributed by atoms with van der Waals surface area (Å²) in [6, 6.07) is 0. The van der Waals surface area contributed by atoms with Gasteiger partial charge in [-0.25, -0.2) is 17.7 Å². The standard InChI is InChI=1S/C9H14F3O4P/c1-3-5-14-17(13,15-6-4-2)16-7-8(10)9(11)12/h3-4,8-9H,1-2,5-7H2. The molecule has 0 aliphatic heterocycles. The quantitative estimate of drug-likeness (QED) is 0.453. The summed E-state index contributed by atoms with van der Waals surface area (Å²) in [4.78, 5) is 0. The van der Waals surface area contributed by atoms with E-state index in [1.165, 1.54) is 12.2 Å². The SMILES string of the molecule is C=CCOP(=O)(OCC=C)OCC(F)C(F)F. The van der Waals surface area contributed by atoms with Crippen LogP contribution >= 0.6 is 7.82 Å². The molecule has 0 amide bonds. The van der Waals surface area contributed by atoms with Crippen molar-refractivity contribution in [1.29, 1.82) is 0 Å². The first-order chi connectivity index (χ1) is 7.95. The minimum absolute atomic E-state index is 0.181. The molecule has 1 atom stereocenters. The fourth-order valence-electron chi connectivity index (χ4n) is 0.635. The van der Waals surface area contributed by atoms with Crippen LogP contribution in [0.4, 0.5) is 13.2 Å². The Morgan fingerprint density at radius 2 is 1.53 bits per heavy atom. The molecule has 0 bridgehead atoms. The van der Waals surface area contributed by atoms with Crippen LogP contribution in [0.2, 0.25) is 0 Å². The van der Waals surface area contributed by atoms with Gasteiger partial charge in [0.05, 0.1) is 19.8 Å². The van der Waals surface area contributed by atoms with Crippen molar-refractivity contribution in [1.82, 2.24) is 0 Å². The Balaban J connectivity index is 4.31. The van der Waals surface area contributed by atoms with Crippen molar-refractivity contribution in [2.75, 3.05) is 19.8 Å². The fraction of sp³-hybridized carbons (Fsp3) is 0.556. The van der Waals surface area contributed by atoms with E-state index in [0.29, 0.717) is 0 Å². The molecule has 8 heteroatoms. The summed E-state index contributed by atoms with van der Waals surface area (Å²) in [6.45, 7) is 5.15. The molecule has 0 rings (SSSR count). The molecule has 17 heavy (non-hydrogen) atoms. The first kappa shape index (κ1) is 16.4. The van der Waals surface area contributed by atoms with E-state index in [1.54, 1.807) is 0 Å². The van der Waals surface area contributed by atoms with Gasteiger partial charge in [0.15, 0.2) is 6.17 Å². The molecule has 0 aliphatic rings. The summed E-state index contributed by atoms with van der Waals surface area (Å²) in [5.74, 6) is 0. The van der Waals surface area contributed by atoms with Gasteiger partial charge >= 0.3 is 7.82 Å². The number of rotatable bonds is 10. The van der Waals surface area contributed by atoms with Crippen molar-refractivity contribution in [3.05, 3.63) is 25.3 Å². The molecule has 0 saturated heterocycles. The lowest BCUT2D eigenvalue weighted by atomic mass is 10.4. The first-order valence-corrected chi connectivity index (χ1v) is 6.09. The highest BCUT2D eigenvalue weighted by Crippen LogP contribution is 2.49. The van der Waals surface area contributed by atoms with Gasteiger partial charge in [-0.1, -0.05) is 12.2 Å². The van der Waals surface area contributed by atoms with Crippen LogP contribution in [0, 0.1) is 0 Å². The topological polar surface area (TPSA) is 44.8 Å². The van der Waals surface area contributed by atoms with E-state index in [4.69, 9.17) is 0 Å². The third kappa shape index (κ3) is 7.33. The van der Waals surface area contributed by atoms with Crippen molar-refractivity contribution >= 4 is 7.82 Å². The molecule has 0 fully saturated rings. The molecule has 100 valence electrons. The maximum absolute atomic E-state index is 12.6. The molecule has 0 radical (unpaired) electrons. The molecule has 0 N–H and O–H groups in total. The number of phosphoric ester groups is 1. The Hall–Kier alpha value is -0.620. The van der Waals surface area contributed by atoms with Crippen LogP contribution < -0.4 is 0 Å². The Kier molecular flexibility index (Phi) is 8.16. The fourth-order valence-corrected chi connectivity index (χ4v) is 1.76. The van der Waals surface area contributed by atoms with Gasteiger partial charge in [0.1, 0.15) is 0 Å². The van der Waals surface area contributed by atoms with Gasteiger partial charge in [-0.15, -0.1) is 13.2 Å². The van der Waals surface area contributed by atoms with E-state index < -0.39 is 27.0 Å². The lowest BCUT2D eigenvalue weighted by molar-refractivity contribution is 0.0109. The minimum Gasteiger partial charge on any atom is -0.284 e. The zero-order valence-corrected chi connectivity index (χ0v) is 9.95. The molecule has 0 heterocycles. The molecule has 0 aromatic heterocycles. The molecular formula is C9H14F3O4P. The van der Waals surface area contributed by atoms with Crippen LogP contribution in [0.1, 0.15) is 0 Å². The van der Waals surface area contributed by atoms with Crippen molar-refractivity contribution in [3.63, 3.8) is 0 Å². The van der Waals surface area contributed by atoms with Crippen LogP contribution in [-0.2, 0) is 18.1 Å². The lowest BCUT2D eigenvalue weighted by Gasteiger charge is -2.17. The second-order valence-corrected chi connectivity index (χ2v) is 4.43. The molecule has 0 aliphatic carbocycles. The van der Waals surface area contributed by atoms with Gasteiger partial charge in [0.2, 0.25) is 0 Å². The van der Waals surface area contributed by atoms with Gasteiger partial charge in [-0.2, -0.15) is 0 Å². The van der Waals surface area contributed by atoms with Gasteiger partial charge < -0.3 is 0 Å². The van der Waals surface area contributed by atoms with E-state index in [-0.39, 0.29) is 13.2 Å². The monoisotopic (exact) mass is 274 g/mol. The minimum atomic E-state index is -4.06. The molecule has 0 saturated carbocycles. The predicted molar refractivity (Wildman–Crippen MR) is 56.8 cm³/mol. The van der Waals surface area contributed by atoms with Crippen LogP contribution in [0.5, 0.6) is 0 Å². The van der Waals surface area contributed by atoms with Gasteiger partial charge in [-0.05, 0) is 0 Å². The zero-order valence-electron chi connectivity index (χ0n) is 9.06. The van der Waals surface area contributed by atoms with Crippen LogP contribution in [0.25, 0.3) is 0 Å². The maximum Gasteiger partial charge on any atom is 0.475 e. The molecule has 0 aromatic rings. The Morgan fingerprint density at radius 3 is 1.88 bits per heavy atom. The largest absolute Gasteiger partial charge is 0.475 e. The van der Waals surface area contributed by atoms with Gasteiger partial charge in [0.25, 0.3) is 6.43 Å². The first-order valence-electron chi connectivity index (χ1n) is 4.63. The highest BCUT2D eigenvalue weighted by Gasteiger charge is 2.30. The smallest absolute Gasteiger partial charge is 0.284 e. The third-order valence-electron chi connectivity index (χ3n) is 1.37. The third-order valence-corrected chi connectivity index (χ3v) is 2.76. The van der Waals surface area contributed by atoms with Crippen LogP contribution in [0.3, 0.4) is 0 Å². The Labute approximate surface area is 97.7 Å². The highest BCUT2D eigenvalue weighted by atomic mass is 31.2. The van der Waals surface area contributed by atoms with Gasteiger partial charge in [-0.3, -0.25) is 13.6 Å². The molecule has 0 spiro atoms. The Morgan fingerprint density at radius 1 is 1.06 bits per heavy atom. The summed E-state index contributed by atoms with van der Waals surface area (Å²) in [7, 11) is -4.06. The van der Waals surface area contributed by atoms with Gasteiger partial charge in [0, 0.05) is 0 Å². The summed E-state index contributed by atoms with van der Waals surface area (Å²) in [6.07, 6.45) is -3.26. The van der Waals surface area contributed by atoms with E-state index in [1.807, 2.05) is 0 Å². The zero-order chi connectivity index (χ0) is 13.3. The normalized spacial score (nSPS) is 13.6. The van der Waals surface area contributed by atoms with Crippen molar-refractivity contribution in [2.24, 2.45) is 0 Å². The maximum atomic E-state index is 12.6. The summed E-state index contributed by atoms with van der Waals surface area (Å²) in [5, 5.41) is 0. The second-order valence-electron chi connectivity index (χ2n) is 2.76. The number of phosphoric acid groups is 1. The highest BCUT2D eigenvalue weighted by molar-refractivity contribution is 7.48. The van der Waals surface area contributed by atoms with E-state index in [2.05, 4.69) is 26.7 Å². The van der Waals surface area contributed by atoms with Crippen LogP contribution in [-0.4, -0.2) is 32.4 Å². The van der Waals surface area contributed by atoms with E-state index in [0.717, 1.165) is 0 Å². The van der Waals surface area contributed by atoms with Crippen molar-refractivity contribution < 1.29 is 31.3 Å². The van der Waals surface area contributed by atoms with E-state index >= 15 is 0 Å². The summed E-state index contributed by atoms with van der Waals surface area (Å²) >= 11 is 0. The molecular weight excluding hydrogens is 260 g/mol. The number of halogens is 3. The Bertz CT molecular complexity index is 269. The van der Waals surface area contributed by atoms with E-state index in [9.17, 15) is 17.7 Å². The van der Waals surface area contributed by atoms with Crippen molar-refractivity contribution in [3.8, 4) is 0 Å². The predicted octanol–water partition coefficient (Wildman–Crippen LogP) is 3.12. The van der Waals surface area contributed by atoms with Crippen LogP contribution in [0.15, 0.2) is 25.3 Å². The average molecular weight is 274 g/mol. The lowest BCUT2D eigenvalue weighted by Crippen LogP contribution is -2.19. The summed E-state index contributed by atoms with van der Waals surface area (Å²) < 4.78 is 61.6. The molecule has 4 nitrogen and oxygen atoms in total. The summed E-state index contributed by atoms with van der Waals surface area (Å²) in [5.41, 5.74) is 0. The molecule has 1 unspecified atom stereocenters. The average Bonchev–Trinajstić information content (AvgIpc) is 2.31. The molecule has 0 aromatic carbocycles. The number of hydrogen-bond acceptors (Lipinski definition) is 4. The second kappa shape index (κ2) is 8.47. The number of hydrogen-bond donors (Lipinski definition) is 0. The number of alkyl halides is 3. The van der Waals surface area contributed by atoms with Crippen molar-refractivity contribution in [2.45, 2.75) is 12.6 Å².